The van der Waals surface area contributed by atoms with Crippen LogP contribution >= 0.6 is 0 Å². The third kappa shape index (κ3) is 7.14. The van der Waals surface area contributed by atoms with Crippen LogP contribution in [0.3, 0.4) is 0 Å². The molecule has 202 valence electrons. The summed E-state index contributed by atoms with van der Waals surface area (Å²) >= 11 is 0. The van der Waals surface area contributed by atoms with Gasteiger partial charge in [0.2, 0.25) is 10.0 Å². The second-order valence-electron chi connectivity index (χ2n) is 8.89. The number of benzene rings is 4. The standard InChI is InChI=1S/C30H31N3O5S/c1-4-37-27-18-14-26(15-19-27)33(39(3,35)36)22(2)30(34)32-31-20-23-12-16-28(17-13-23)38-21-25-10-7-9-24-8-5-6-11-29(24)25/h5-20,22H,4,21H2,1-3H3,(H,32,34)/b31-20-/t22-/m1/s1. The van der Waals surface area contributed by atoms with E-state index in [2.05, 4.69) is 28.7 Å². The quantitative estimate of drug-likeness (QED) is 0.208. The zero-order chi connectivity index (χ0) is 27.8. The Morgan fingerprint density at radius 2 is 1.56 bits per heavy atom. The van der Waals surface area contributed by atoms with Gasteiger partial charge in [0.15, 0.2) is 0 Å². The van der Waals surface area contributed by atoms with Gasteiger partial charge in [-0.25, -0.2) is 13.8 Å². The van der Waals surface area contributed by atoms with Crippen molar-refractivity contribution in [3.05, 3.63) is 102 Å². The maximum atomic E-state index is 12.8. The number of carbonyl (C=O) groups excluding carboxylic acids is 1. The fourth-order valence-corrected chi connectivity index (χ4v) is 5.33. The highest BCUT2D eigenvalue weighted by Gasteiger charge is 2.29. The van der Waals surface area contributed by atoms with Crippen molar-refractivity contribution in [2.45, 2.75) is 26.5 Å². The predicted octanol–water partition coefficient (Wildman–Crippen LogP) is 5.12. The van der Waals surface area contributed by atoms with Crippen molar-refractivity contribution in [3.8, 4) is 11.5 Å². The minimum atomic E-state index is -3.74. The molecule has 0 fully saturated rings. The number of ether oxygens (including phenoxy) is 2. The van der Waals surface area contributed by atoms with Gasteiger partial charge >= 0.3 is 0 Å². The Kier molecular flexibility index (Phi) is 8.83. The Bertz CT molecular complexity index is 1550. The molecule has 0 heterocycles. The largest absolute Gasteiger partial charge is 0.494 e. The maximum absolute atomic E-state index is 12.8. The second-order valence-corrected chi connectivity index (χ2v) is 10.8. The van der Waals surface area contributed by atoms with Gasteiger partial charge in [0.25, 0.3) is 5.91 Å². The van der Waals surface area contributed by atoms with Crippen LogP contribution in [0.2, 0.25) is 0 Å². The van der Waals surface area contributed by atoms with E-state index in [0.29, 0.717) is 30.4 Å². The molecule has 0 unspecified atom stereocenters. The molecule has 0 aliphatic carbocycles. The lowest BCUT2D eigenvalue weighted by Crippen LogP contribution is -2.46. The summed E-state index contributed by atoms with van der Waals surface area (Å²) in [6.07, 6.45) is 2.54. The van der Waals surface area contributed by atoms with Gasteiger partial charge in [0, 0.05) is 0 Å². The van der Waals surface area contributed by atoms with E-state index >= 15 is 0 Å². The first-order valence-corrected chi connectivity index (χ1v) is 14.4. The third-order valence-electron chi connectivity index (χ3n) is 6.03. The number of hydrazone groups is 1. The highest BCUT2D eigenvalue weighted by molar-refractivity contribution is 7.92. The Morgan fingerprint density at radius 1 is 0.923 bits per heavy atom. The van der Waals surface area contributed by atoms with E-state index in [-0.39, 0.29) is 0 Å². The zero-order valence-electron chi connectivity index (χ0n) is 22.1. The number of hydrogen-bond donors (Lipinski definition) is 1. The number of rotatable bonds is 11. The lowest BCUT2D eigenvalue weighted by atomic mass is 10.1. The summed E-state index contributed by atoms with van der Waals surface area (Å²) in [5.74, 6) is 0.749. The van der Waals surface area contributed by atoms with E-state index in [9.17, 15) is 13.2 Å². The summed E-state index contributed by atoms with van der Waals surface area (Å²) in [6.45, 7) is 4.30. The summed E-state index contributed by atoms with van der Waals surface area (Å²) in [4.78, 5) is 12.8. The Hall–Kier alpha value is -4.37. The molecule has 0 spiro atoms. The molecule has 0 aromatic heterocycles. The van der Waals surface area contributed by atoms with Gasteiger partial charge in [-0.2, -0.15) is 5.10 Å². The number of hydrogen-bond acceptors (Lipinski definition) is 6. The van der Waals surface area contributed by atoms with Crippen molar-refractivity contribution in [2.24, 2.45) is 5.10 Å². The third-order valence-corrected chi connectivity index (χ3v) is 7.28. The first-order chi connectivity index (χ1) is 18.8. The van der Waals surface area contributed by atoms with E-state index in [0.717, 1.165) is 27.1 Å². The molecule has 1 N–H and O–H groups in total. The average molecular weight is 546 g/mol. The number of carbonyl (C=O) groups is 1. The number of sulfonamides is 1. The highest BCUT2D eigenvalue weighted by Crippen LogP contribution is 2.24. The van der Waals surface area contributed by atoms with Gasteiger partial charge in [-0.1, -0.05) is 42.5 Å². The molecule has 4 rings (SSSR count). The zero-order valence-corrected chi connectivity index (χ0v) is 22.9. The van der Waals surface area contributed by atoms with E-state index in [1.807, 2.05) is 55.5 Å². The van der Waals surface area contributed by atoms with Crippen LogP contribution in [0, 0.1) is 0 Å². The smallest absolute Gasteiger partial charge is 0.263 e. The topological polar surface area (TPSA) is 97.3 Å². The second kappa shape index (κ2) is 12.4. The van der Waals surface area contributed by atoms with Crippen LogP contribution in [0.25, 0.3) is 10.8 Å². The van der Waals surface area contributed by atoms with E-state index in [1.54, 1.807) is 24.3 Å². The Balaban J connectivity index is 1.35. The number of anilines is 1. The Labute approximate surface area is 228 Å². The van der Waals surface area contributed by atoms with Gasteiger partial charge in [-0.15, -0.1) is 0 Å². The van der Waals surface area contributed by atoms with Gasteiger partial charge in [0.05, 0.1) is 24.8 Å². The molecular weight excluding hydrogens is 514 g/mol. The van der Waals surface area contributed by atoms with Crippen LogP contribution < -0.4 is 19.2 Å². The molecule has 4 aromatic rings. The predicted molar refractivity (Wildman–Crippen MR) is 155 cm³/mol. The van der Waals surface area contributed by atoms with Crippen LogP contribution in [-0.2, 0) is 21.4 Å². The molecule has 0 saturated carbocycles. The van der Waals surface area contributed by atoms with Crippen molar-refractivity contribution in [1.29, 1.82) is 0 Å². The minimum Gasteiger partial charge on any atom is -0.494 e. The van der Waals surface area contributed by atoms with Crippen LogP contribution in [0.1, 0.15) is 25.0 Å². The average Bonchev–Trinajstić information content (AvgIpc) is 2.93. The van der Waals surface area contributed by atoms with E-state index in [4.69, 9.17) is 9.47 Å². The molecule has 9 heteroatoms. The van der Waals surface area contributed by atoms with Crippen LogP contribution in [0.4, 0.5) is 5.69 Å². The maximum Gasteiger partial charge on any atom is 0.263 e. The molecular formula is C30H31N3O5S. The molecule has 0 aliphatic rings. The summed E-state index contributed by atoms with van der Waals surface area (Å²) in [5.41, 5.74) is 4.63. The molecule has 0 bridgehead atoms. The van der Waals surface area contributed by atoms with Gasteiger partial charge < -0.3 is 9.47 Å². The number of nitrogens with zero attached hydrogens (tertiary/aromatic N) is 2. The van der Waals surface area contributed by atoms with Crippen LogP contribution in [0.5, 0.6) is 11.5 Å². The monoisotopic (exact) mass is 545 g/mol. The normalized spacial score (nSPS) is 12.3. The molecule has 0 saturated heterocycles. The van der Waals surface area contributed by atoms with Crippen molar-refractivity contribution in [1.82, 2.24) is 5.43 Å². The van der Waals surface area contributed by atoms with E-state index in [1.165, 1.54) is 18.5 Å². The van der Waals surface area contributed by atoms with Crippen molar-refractivity contribution < 1.29 is 22.7 Å². The summed E-state index contributed by atoms with van der Waals surface area (Å²) in [5, 5.41) is 6.34. The molecule has 4 aromatic carbocycles. The summed E-state index contributed by atoms with van der Waals surface area (Å²) < 4.78 is 37.4. The molecule has 0 aliphatic heterocycles. The number of fused-ring (bicyclic) bond motifs is 1. The Morgan fingerprint density at radius 3 is 2.26 bits per heavy atom. The first-order valence-electron chi connectivity index (χ1n) is 12.5. The van der Waals surface area contributed by atoms with Crippen LogP contribution in [0.15, 0.2) is 96.1 Å². The molecule has 39 heavy (non-hydrogen) atoms. The van der Waals surface area contributed by atoms with Gasteiger partial charge in [0.1, 0.15) is 24.1 Å². The lowest BCUT2D eigenvalue weighted by molar-refractivity contribution is -0.121. The summed E-state index contributed by atoms with van der Waals surface area (Å²) in [6, 6.07) is 27.1. The fourth-order valence-electron chi connectivity index (χ4n) is 4.16. The van der Waals surface area contributed by atoms with Crippen molar-refractivity contribution in [3.63, 3.8) is 0 Å². The molecule has 8 nitrogen and oxygen atoms in total. The van der Waals surface area contributed by atoms with Crippen molar-refractivity contribution >= 4 is 38.6 Å². The fraction of sp³-hybridized carbons (Fsp3) is 0.200. The molecule has 1 amide bonds. The number of amides is 1. The van der Waals surface area contributed by atoms with Gasteiger partial charge in [-0.05, 0) is 84.3 Å². The molecule has 0 radical (unpaired) electrons. The van der Waals surface area contributed by atoms with Crippen molar-refractivity contribution in [2.75, 3.05) is 17.2 Å². The van der Waals surface area contributed by atoms with Crippen LogP contribution in [-0.4, -0.2) is 39.4 Å². The minimum absolute atomic E-state index is 0.353. The highest BCUT2D eigenvalue weighted by atomic mass is 32.2. The molecule has 1 atom stereocenters. The first kappa shape index (κ1) is 27.7. The van der Waals surface area contributed by atoms with Gasteiger partial charge in [-0.3, -0.25) is 9.10 Å². The lowest BCUT2D eigenvalue weighted by Gasteiger charge is -2.27. The number of nitrogens with one attached hydrogen (secondary N) is 1. The SMILES string of the molecule is CCOc1ccc(N([C@H](C)C(=O)N/N=C\c2ccc(OCc3cccc4ccccc34)cc2)S(C)(=O)=O)cc1. The van der Waals surface area contributed by atoms with E-state index < -0.39 is 22.0 Å². The summed E-state index contributed by atoms with van der Waals surface area (Å²) in [7, 11) is -3.74.